The Morgan fingerprint density at radius 3 is 3.08 bits per heavy atom. The molecule has 0 aliphatic carbocycles. The monoisotopic (exact) mass is 361 g/mol. The van der Waals surface area contributed by atoms with Gasteiger partial charge in [-0.1, -0.05) is 17.8 Å². The molecule has 2 saturated heterocycles. The van der Waals surface area contributed by atoms with E-state index in [1.807, 2.05) is 29.5 Å². The molecule has 4 rings (SSSR count). The first kappa shape index (κ1) is 15.7. The van der Waals surface area contributed by atoms with Crippen molar-refractivity contribution in [2.45, 2.75) is 28.1 Å². The maximum absolute atomic E-state index is 11.9. The first-order chi connectivity index (χ1) is 11.6. The molecule has 0 unspecified atom stereocenters. The fraction of sp³-hybridized carbons (Fsp3) is 0.438. The van der Waals surface area contributed by atoms with Gasteiger partial charge in [0.2, 0.25) is 11.9 Å². The van der Waals surface area contributed by atoms with Crippen LogP contribution < -0.4 is 10.6 Å². The Kier molecular flexibility index (Phi) is 4.09. The van der Waals surface area contributed by atoms with Gasteiger partial charge in [0.1, 0.15) is 10.8 Å². The van der Waals surface area contributed by atoms with E-state index in [1.54, 1.807) is 23.1 Å². The van der Waals surface area contributed by atoms with Gasteiger partial charge in [-0.05, 0) is 23.8 Å². The van der Waals surface area contributed by atoms with Gasteiger partial charge in [-0.2, -0.15) is 4.98 Å². The lowest BCUT2D eigenvalue weighted by Crippen LogP contribution is -2.47. The zero-order valence-corrected chi connectivity index (χ0v) is 15.0. The molecule has 0 aromatic carbocycles. The number of likely N-dealkylation sites (tertiary alicyclic amines) is 1. The van der Waals surface area contributed by atoms with Crippen LogP contribution in [0.15, 0.2) is 32.8 Å². The minimum Gasteiger partial charge on any atom is -0.368 e. The van der Waals surface area contributed by atoms with Crippen LogP contribution in [0.4, 0.5) is 11.8 Å². The Bertz CT molecular complexity index is 751. The number of hydrogen-bond acceptors (Lipinski definition) is 7. The second-order valence-corrected chi connectivity index (χ2v) is 8.50. The number of fused-ring (bicyclic) bond motifs is 1. The molecule has 0 bridgehead atoms. The number of amides is 1. The number of piperidine rings is 1. The van der Waals surface area contributed by atoms with Crippen molar-refractivity contribution in [2.24, 2.45) is 5.92 Å². The summed E-state index contributed by atoms with van der Waals surface area (Å²) in [6.45, 7) is 1.72. The summed E-state index contributed by atoms with van der Waals surface area (Å²) in [4.78, 5) is 24.8. The van der Waals surface area contributed by atoms with E-state index in [0.29, 0.717) is 18.3 Å². The number of likely N-dealkylation sites (N-methyl/N-ethyl adjacent to an activating group) is 1. The lowest BCUT2D eigenvalue weighted by molar-refractivity contribution is -0.127. The molecule has 6 nitrogen and oxygen atoms in total. The molecule has 1 amide bonds. The van der Waals surface area contributed by atoms with Gasteiger partial charge in [0.15, 0.2) is 0 Å². The molecular weight excluding hydrogens is 342 g/mol. The quantitative estimate of drug-likeness (QED) is 0.846. The zero-order chi connectivity index (χ0) is 16.7. The molecule has 0 spiro atoms. The maximum Gasteiger partial charge on any atom is 0.223 e. The van der Waals surface area contributed by atoms with Crippen molar-refractivity contribution in [2.75, 3.05) is 30.8 Å². The van der Waals surface area contributed by atoms with Crippen LogP contribution in [-0.4, -0.2) is 47.0 Å². The van der Waals surface area contributed by atoms with Crippen LogP contribution in [0.3, 0.4) is 0 Å². The van der Waals surface area contributed by atoms with Gasteiger partial charge >= 0.3 is 0 Å². The Balaban J connectivity index is 1.55. The van der Waals surface area contributed by atoms with Crippen molar-refractivity contribution in [1.82, 2.24) is 14.9 Å². The summed E-state index contributed by atoms with van der Waals surface area (Å²) in [5.41, 5.74) is 5.93. The fourth-order valence-corrected chi connectivity index (χ4v) is 5.21. The van der Waals surface area contributed by atoms with Crippen molar-refractivity contribution in [3.8, 4) is 0 Å². The second kappa shape index (κ2) is 6.25. The van der Waals surface area contributed by atoms with E-state index in [9.17, 15) is 4.79 Å². The van der Waals surface area contributed by atoms with Crippen molar-refractivity contribution < 1.29 is 4.79 Å². The summed E-state index contributed by atoms with van der Waals surface area (Å²) in [6.07, 6.45) is 1.69. The third-order valence-electron chi connectivity index (χ3n) is 4.78. The van der Waals surface area contributed by atoms with E-state index in [4.69, 9.17) is 5.73 Å². The summed E-state index contributed by atoms with van der Waals surface area (Å²) in [6, 6.07) is 6.36. The van der Waals surface area contributed by atoms with E-state index in [1.165, 1.54) is 4.21 Å². The highest BCUT2D eigenvalue weighted by Crippen LogP contribution is 2.35. The molecule has 24 heavy (non-hydrogen) atoms. The zero-order valence-electron chi connectivity index (χ0n) is 13.4. The maximum atomic E-state index is 11.9. The van der Waals surface area contributed by atoms with Gasteiger partial charge in [0, 0.05) is 32.6 Å². The summed E-state index contributed by atoms with van der Waals surface area (Å²) >= 11 is 3.29. The molecule has 2 aromatic rings. The van der Waals surface area contributed by atoms with Gasteiger partial charge in [-0.15, -0.1) is 11.3 Å². The van der Waals surface area contributed by atoms with Gasteiger partial charge in [0.25, 0.3) is 0 Å². The summed E-state index contributed by atoms with van der Waals surface area (Å²) in [5.74, 6) is 1.87. The third kappa shape index (κ3) is 2.95. The van der Waals surface area contributed by atoms with Crippen LogP contribution in [0.1, 0.15) is 12.8 Å². The highest BCUT2D eigenvalue weighted by molar-refractivity contribution is 8.01. The van der Waals surface area contributed by atoms with E-state index in [2.05, 4.69) is 20.9 Å². The van der Waals surface area contributed by atoms with Gasteiger partial charge in [0.05, 0.1) is 10.3 Å². The summed E-state index contributed by atoms with van der Waals surface area (Å²) < 4.78 is 1.18. The number of hydrogen-bond donors (Lipinski definition) is 1. The molecule has 2 aliphatic rings. The Labute approximate surface area is 149 Å². The van der Waals surface area contributed by atoms with Crippen molar-refractivity contribution in [3.05, 3.63) is 23.6 Å². The van der Waals surface area contributed by atoms with Gasteiger partial charge in [-0.3, -0.25) is 4.79 Å². The van der Waals surface area contributed by atoms with Crippen molar-refractivity contribution >= 4 is 40.8 Å². The molecular formula is C16H19N5OS2. The fourth-order valence-electron chi connectivity index (χ4n) is 3.49. The number of nitrogen functional groups attached to an aromatic ring is 1. The number of carbonyl (C=O) groups is 1. The SMILES string of the molecule is CN1C(=O)C[C@H]2CCN(c3cc(Sc4cccs4)nc(N)n3)C[C@H]21. The van der Waals surface area contributed by atoms with E-state index < -0.39 is 0 Å². The molecule has 2 aromatic heterocycles. The third-order valence-corrected chi connectivity index (χ3v) is 6.74. The number of anilines is 2. The molecule has 2 N–H and O–H groups in total. The number of nitrogens with two attached hydrogens (primary N) is 1. The van der Waals surface area contributed by atoms with Crippen molar-refractivity contribution in [1.29, 1.82) is 0 Å². The van der Waals surface area contributed by atoms with Gasteiger partial charge < -0.3 is 15.5 Å². The molecule has 4 heterocycles. The topological polar surface area (TPSA) is 75.4 Å². The minimum absolute atomic E-state index is 0.253. The number of carbonyl (C=O) groups excluding carboxylic acids is 1. The summed E-state index contributed by atoms with van der Waals surface area (Å²) in [7, 11) is 1.91. The predicted octanol–water partition coefficient (Wildman–Crippen LogP) is 2.33. The van der Waals surface area contributed by atoms with Crippen LogP contribution in [0, 0.1) is 5.92 Å². The average molecular weight is 361 g/mol. The lowest BCUT2D eigenvalue weighted by atomic mass is 9.92. The first-order valence-corrected chi connectivity index (χ1v) is 9.66. The molecule has 2 fully saturated rings. The highest BCUT2D eigenvalue weighted by Gasteiger charge is 2.41. The Morgan fingerprint density at radius 2 is 2.29 bits per heavy atom. The average Bonchev–Trinajstić information content (AvgIpc) is 3.16. The van der Waals surface area contributed by atoms with Crippen LogP contribution >= 0.6 is 23.1 Å². The molecule has 126 valence electrons. The molecule has 2 atom stereocenters. The predicted molar refractivity (Wildman–Crippen MR) is 96.4 cm³/mol. The van der Waals surface area contributed by atoms with Crippen LogP contribution in [0.25, 0.3) is 0 Å². The smallest absolute Gasteiger partial charge is 0.223 e. The number of rotatable bonds is 3. The molecule has 0 radical (unpaired) electrons. The standard InChI is InChI=1S/C16H19N5OS2/c1-20-11-9-21(5-4-10(11)7-14(20)22)12-8-13(19-16(17)18-12)24-15-3-2-6-23-15/h2-3,6,8,10-11H,4-5,7,9H2,1H3,(H2,17,18,19)/t10-,11-/m1/s1. The lowest BCUT2D eigenvalue weighted by Gasteiger charge is -2.37. The Hall–Kier alpha value is -1.80. The largest absolute Gasteiger partial charge is 0.368 e. The number of thiophene rings is 1. The van der Waals surface area contributed by atoms with E-state index in [-0.39, 0.29) is 11.9 Å². The number of nitrogens with zero attached hydrogens (tertiary/aromatic N) is 4. The highest BCUT2D eigenvalue weighted by atomic mass is 32.2. The van der Waals surface area contributed by atoms with Crippen molar-refractivity contribution in [3.63, 3.8) is 0 Å². The first-order valence-electron chi connectivity index (χ1n) is 7.96. The second-order valence-electron chi connectivity index (χ2n) is 6.23. The normalized spacial score (nSPS) is 23.6. The van der Waals surface area contributed by atoms with Gasteiger partial charge in [-0.25, -0.2) is 4.98 Å². The Morgan fingerprint density at radius 1 is 1.42 bits per heavy atom. The molecule has 0 saturated carbocycles. The van der Waals surface area contributed by atoms with Crippen LogP contribution in [0.2, 0.25) is 0 Å². The number of aromatic nitrogens is 2. The van der Waals surface area contributed by atoms with Crippen LogP contribution in [0.5, 0.6) is 0 Å². The van der Waals surface area contributed by atoms with Crippen LogP contribution in [-0.2, 0) is 4.79 Å². The summed E-state index contributed by atoms with van der Waals surface area (Å²) in [5, 5.41) is 2.91. The van der Waals surface area contributed by atoms with E-state index >= 15 is 0 Å². The molecule has 8 heteroatoms. The van der Waals surface area contributed by atoms with E-state index in [0.717, 1.165) is 30.4 Å². The minimum atomic E-state index is 0.253. The molecule has 2 aliphatic heterocycles.